The number of halogens is 1. The number of nitrogens with zero attached hydrogens (tertiary/aromatic N) is 3. The molecule has 0 aliphatic heterocycles. The minimum atomic E-state index is -2.07. The van der Waals surface area contributed by atoms with Crippen LogP contribution in [-0.4, -0.2) is 30.5 Å². The van der Waals surface area contributed by atoms with Crippen molar-refractivity contribution in [2.45, 2.75) is 38.6 Å². The zero-order valence-corrected chi connectivity index (χ0v) is 18.7. The lowest BCUT2D eigenvalue weighted by Crippen LogP contribution is -2.31. The number of aliphatic imine (C=N–C) groups is 1. The molecule has 1 aliphatic carbocycles. The van der Waals surface area contributed by atoms with Gasteiger partial charge in [0.2, 0.25) is 12.3 Å². The van der Waals surface area contributed by atoms with Gasteiger partial charge in [0.1, 0.15) is 5.54 Å². The molecule has 0 saturated carbocycles. The first-order chi connectivity index (χ1) is 13.7. The van der Waals surface area contributed by atoms with Crippen LogP contribution in [0, 0.1) is 5.92 Å². The topological polar surface area (TPSA) is 115 Å². The predicted octanol–water partition coefficient (Wildman–Crippen LogP) is 4.36. The van der Waals surface area contributed by atoms with Gasteiger partial charge in [-0.05, 0) is 25.0 Å². The van der Waals surface area contributed by atoms with E-state index in [2.05, 4.69) is 21.3 Å². The molecule has 7 nitrogen and oxygen atoms in total. The van der Waals surface area contributed by atoms with Crippen molar-refractivity contribution in [2.75, 3.05) is 5.75 Å². The minimum absolute atomic E-state index is 0.00670. The van der Waals surface area contributed by atoms with Crippen LogP contribution in [0.15, 0.2) is 40.1 Å². The van der Waals surface area contributed by atoms with E-state index in [9.17, 15) is 8.76 Å². The van der Waals surface area contributed by atoms with Crippen molar-refractivity contribution < 1.29 is 13.2 Å². The zero-order valence-electron chi connectivity index (χ0n) is 16.3. The van der Waals surface area contributed by atoms with Gasteiger partial charge in [0.25, 0.3) is 0 Å². The number of hydrogen-bond acceptors (Lipinski definition) is 6. The molecule has 3 rings (SSSR count). The van der Waals surface area contributed by atoms with Crippen molar-refractivity contribution in [1.82, 2.24) is 10.2 Å². The molecule has 1 aliphatic rings. The van der Waals surface area contributed by atoms with E-state index in [-0.39, 0.29) is 17.6 Å². The number of rotatable bonds is 7. The van der Waals surface area contributed by atoms with Gasteiger partial charge in [0.15, 0.2) is 11.1 Å². The molecular weight excluding hydrogens is 432 g/mol. The maximum atomic E-state index is 11.7. The van der Waals surface area contributed by atoms with Crippen molar-refractivity contribution in [1.29, 1.82) is 0 Å². The van der Waals surface area contributed by atoms with Gasteiger partial charge in [-0.2, -0.15) is 0 Å². The first-order valence-corrected chi connectivity index (χ1v) is 11.5. The number of aromatic nitrogens is 2. The van der Waals surface area contributed by atoms with E-state index in [4.69, 9.17) is 21.8 Å². The molecule has 2 aromatic rings. The molecule has 0 saturated heterocycles. The summed E-state index contributed by atoms with van der Waals surface area (Å²) in [6.07, 6.45) is 8.22. The van der Waals surface area contributed by atoms with Crippen LogP contribution in [0.4, 0.5) is 0 Å². The van der Waals surface area contributed by atoms with Crippen LogP contribution in [-0.2, 0) is 16.6 Å². The normalized spacial score (nSPS) is 20.6. The van der Waals surface area contributed by atoms with Gasteiger partial charge in [0, 0.05) is 10.8 Å². The third-order valence-corrected chi connectivity index (χ3v) is 7.25. The summed E-state index contributed by atoms with van der Waals surface area (Å²) in [6.45, 7) is 5.63. The van der Waals surface area contributed by atoms with E-state index < -0.39 is 16.6 Å². The van der Waals surface area contributed by atoms with E-state index in [0.717, 1.165) is 16.9 Å². The Morgan fingerprint density at radius 2 is 2.34 bits per heavy atom. The van der Waals surface area contributed by atoms with Gasteiger partial charge in [-0.3, -0.25) is 4.99 Å². The molecule has 3 atom stereocenters. The summed E-state index contributed by atoms with van der Waals surface area (Å²) in [6, 6.07) is 1.85. The van der Waals surface area contributed by atoms with Crippen LogP contribution in [0.5, 0.6) is 0 Å². The van der Waals surface area contributed by atoms with Gasteiger partial charge in [-0.1, -0.05) is 43.7 Å². The number of nitrogens with two attached hydrogens (primary N) is 1. The lowest BCUT2D eigenvalue weighted by atomic mass is 9.95. The van der Waals surface area contributed by atoms with E-state index in [1.807, 2.05) is 32.1 Å². The second-order valence-corrected chi connectivity index (χ2v) is 9.75. The van der Waals surface area contributed by atoms with Crippen molar-refractivity contribution in [3.05, 3.63) is 51.4 Å². The standard InChI is InChI=1S/C19H23ClN4O3S2/c1-11(2)17(21)23-19(3,9-29(25)26)16-14(20)8-15(28-16)12-5-4-6-13(7-12)18-24-22-10-27-18/h4-5,7-8,10-11,13H,6,9H2,1-3H3,(H2,21,23)(H,25,26)/t13?,19-/m0/s1. The quantitative estimate of drug-likeness (QED) is 0.365. The maximum absolute atomic E-state index is 11.7. The van der Waals surface area contributed by atoms with Crippen LogP contribution in [0.1, 0.15) is 48.8 Å². The highest BCUT2D eigenvalue weighted by Gasteiger charge is 2.34. The van der Waals surface area contributed by atoms with E-state index in [1.54, 1.807) is 6.92 Å². The number of allylic oxidation sites excluding steroid dienone is 4. The van der Waals surface area contributed by atoms with Crippen LogP contribution >= 0.6 is 22.9 Å². The largest absolute Gasteiger partial charge is 0.427 e. The molecule has 156 valence electrons. The van der Waals surface area contributed by atoms with Gasteiger partial charge in [-0.25, -0.2) is 4.21 Å². The van der Waals surface area contributed by atoms with Crippen LogP contribution in [0.3, 0.4) is 0 Å². The summed E-state index contributed by atoms with van der Waals surface area (Å²) in [5, 5.41) is 8.24. The van der Waals surface area contributed by atoms with Gasteiger partial charge >= 0.3 is 0 Å². The Balaban J connectivity index is 2.00. The third-order valence-electron chi connectivity index (χ3n) is 4.59. The molecular formula is C19H23ClN4O3S2. The Morgan fingerprint density at radius 1 is 1.59 bits per heavy atom. The van der Waals surface area contributed by atoms with E-state index in [0.29, 0.717) is 21.6 Å². The minimum Gasteiger partial charge on any atom is -0.427 e. The first kappa shape index (κ1) is 21.9. The molecule has 2 aromatic heterocycles. The number of amidine groups is 1. The number of thiophene rings is 1. The smallest absolute Gasteiger partial charge is 0.223 e. The Hall–Kier alpha value is -1.81. The molecule has 0 aromatic carbocycles. The van der Waals surface area contributed by atoms with Gasteiger partial charge < -0.3 is 14.7 Å². The summed E-state index contributed by atoms with van der Waals surface area (Å²) >= 11 is 5.93. The molecule has 2 heterocycles. The molecule has 0 radical (unpaired) electrons. The summed E-state index contributed by atoms with van der Waals surface area (Å²) in [4.78, 5) is 6.22. The summed E-state index contributed by atoms with van der Waals surface area (Å²) in [5.41, 5.74) is 6.05. The second-order valence-electron chi connectivity index (χ2n) is 7.36. The fourth-order valence-electron chi connectivity index (χ4n) is 3.04. The monoisotopic (exact) mass is 454 g/mol. The number of hydrogen-bond donors (Lipinski definition) is 2. The van der Waals surface area contributed by atoms with Crippen LogP contribution in [0.2, 0.25) is 5.02 Å². The predicted molar refractivity (Wildman–Crippen MR) is 118 cm³/mol. The summed E-state index contributed by atoms with van der Waals surface area (Å²) in [5.74, 6) is 0.882. The van der Waals surface area contributed by atoms with E-state index in [1.165, 1.54) is 17.7 Å². The molecule has 0 amide bonds. The van der Waals surface area contributed by atoms with Crippen molar-refractivity contribution in [2.24, 2.45) is 16.6 Å². The van der Waals surface area contributed by atoms with Gasteiger partial charge in [-0.15, -0.1) is 21.5 Å². The van der Waals surface area contributed by atoms with Crippen LogP contribution < -0.4 is 5.73 Å². The molecule has 10 heteroatoms. The fraction of sp³-hybridized carbons (Fsp3) is 0.421. The van der Waals surface area contributed by atoms with Crippen molar-refractivity contribution in [3.63, 3.8) is 0 Å². The average molecular weight is 455 g/mol. The highest BCUT2D eigenvalue weighted by Crippen LogP contribution is 2.43. The van der Waals surface area contributed by atoms with E-state index >= 15 is 0 Å². The molecule has 29 heavy (non-hydrogen) atoms. The van der Waals surface area contributed by atoms with Crippen molar-refractivity contribution in [3.8, 4) is 0 Å². The Bertz CT molecular complexity index is 982. The Kier molecular flexibility index (Phi) is 6.72. The Labute approximate surface area is 181 Å². The lowest BCUT2D eigenvalue weighted by molar-refractivity contribution is 0.473. The molecule has 0 fully saturated rings. The molecule has 0 bridgehead atoms. The first-order valence-electron chi connectivity index (χ1n) is 9.07. The SMILES string of the molecule is CC(C)C(N)=N[C@@](C)(CS(=O)O)c1sc(C2=CC(c3nnco3)CC=C2)cc1Cl. The highest BCUT2D eigenvalue weighted by molar-refractivity contribution is 7.79. The van der Waals surface area contributed by atoms with Gasteiger partial charge in [0.05, 0.1) is 27.4 Å². The molecule has 2 unspecified atom stereocenters. The average Bonchev–Trinajstić information content (AvgIpc) is 3.31. The second kappa shape index (κ2) is 8.91. The summed E-state index contributed by atoms with van der Waals surface area (Å²) < 4.78 is 26.5. The van der Waals surface area contributed by atoms with Crippen LogP contribution in [0.25, 0.3) is 5.57 Å². The van der Waals surface area contributed by atoms with Crippen molar-refractivity contribution >= 4 is 45.4 Å². The highest BCUT2D eigenvalue weighted by atomic mass is 35.5. The lowest BCUT2D eigenvalue weighted by Gasteiger charge is -2.24. The summed E-state index contributed by atoms with van der Waals surface area (Å²) in [7, 11) is 0. The Morgan fingerprint density at radius 3 is 2.97 bits per heavy atom. The fourth-order valence-corrected chi connectivity index (χ4v) is 5.46. The molecule has 3 N–H and O–H groups in total. The third kappa shape index (κ3) is 5.03. The molecule has 0 spiro atoms. The zero-order chi connectivity index (χ0) is 21.2. The maximum Gasteiger partial charge on any atom is 0.223 e.